The smallest absolute Gasteiger partial charge is 0.161 e. The van der Waals surface area contributed by atoms with Crippen molar-refractivity contribution >= 4 is 12.2 Å². The van der Waals surface area contributed by atoms with E-state index in [4.69, 9.17) is 12.2 Å². The summed E-state index contributed by atoms with van der Waals surface area (Å²) in [4.78, 5) is 6.95. The highest BCUT2D eigenvalue weighted by Gasteiger charge is 2.14. The normalized spacial score (nSPS) is 10.7. The van der Waals surface area contributed by atoms with Crippen molar-refractivity contribution in [3.05, 3.63) is 45.6 Å². The van der Waals surface area contributed by atoms with Gasteiger partial charge < -0.3 is 4.98 Å². The quantitative estimate of drug-likeness (QED) is 0.630. The molecule has 94 valence electrons. The highest BCUT2D eigenvalue weighted by atomic mass is 32.1. The van der Waals surface area contributed by atoms with Crippen molar-refractivity contribution in [1.82, 2.24) is 9.97 Å². The molecule has 0 unspecified atom stereocenters. The number of rotatable bonds is 1. The summed E-state index contributed by atoms with van der Waals surface area (Å²) in [6.07, 6.45) is 0. The molecule has 1 aromatic heterocycles. The summed E-state index contributed by atoms with van der Waals surface area (Å²) in [5.74, 6) is -3.28. The third-order valence-electron chi connectivity index (χ3n) is 2.60. The van der Waals surface area contributed by atoms with Gasteiger partial charge in [-0.3, -0.25) is 0 Å². The maximum absolute atomic E-state index is 13.6. The maximum Gasteiger partial charge on any atom is 0.161 e. The van der Waals surface area contributed by atoms with E-state index in [1.54, 1.807) is 13.8 Å². The summed E-state index contributed by atoms with van der Waals surface area (Å²) < 4.78 is 39.8. The number of aromatic amines is 1. The number of hydrogen-bond donors (Lipinski definition) is 1. The van der Waals surface area contributed by atoms with Gasteiger partial charge in [-0.1, -0.05) is 12.2 Å². The predicted octanol–water partition coefficient (Wildman–Crippen LogP) is 3.84. The topological polar surface area (TPSA) is 28.7 Å². The van der Waals surface area contributed by atoms with Gasteiger partial charge >= 0.3 is 0 Å². The second kappa shape index (κ2) is 4.53. The van der Waals surface area contributed by atoms with Crippen LogP contribution in [0.3, 0.4) is 0 Å². The lowest BCUT2D eigenvalue weighted by molar-refractivity contribution is 0.496. The minimum atomic E-state index is -1.24. The van der Waals surface area contributed by atoms with E-state index in [1.165, 1.54) is 0 Å². The molecule has 0 amide bonds. The number of benzene rings is 1. The molecule has 0 aliphatic heterocycles. The van der Waals surface area contributed by atoms with Gasteiger partial charge in [0, 0.05) is 17.3 Å². The fraction of sp³-hybridized carbons (Fsp3) is 0.167. The second-order valence-electron chi connectivity index (χ2n) is 3.87. The minimum absolute atomic E-state index is 0.101. The highest BCUT2D eigenvalue weighted by molar-refractivity contribution is 7.71. The van der Waals surface area contributed by atoms with E-state index in [9.17, 15) is 13.2 Å². The van der Waals surface area contributed by atoms with Crippen molar-refractivity contribution in [3.63, 3.8) is 0 Å². The molecule has 0 atom stereocenters. The molecular weight excluding hydrogens is 261 g/mol. The zero-order valence-corrected chi connectivity index (χ0v) is 10.5. The third kappa shape index (κ3) is 2.15. The van der Waals surface area contributed by atoms with E-state index < -0.39 is 17.5 Å². The molecule has 0 saturated heterocycles. The zero-order chi connectivity index (χ0) is 13.4. The third-order valence-corrected chi connectivity index (χ3v) is 2.90. The highest BCUT2D eigenvalue weighted by Crippen LogP contribution is 2.24. The number of aryl methyl sites for hydroxylation is 2. The first-order valence-electron chi connectivity index (χ1n) is 5.12. The van der Waals surface area contributed by atoms with Crippen molar-refractivity contribution in [3.8, 4) is 11.3 Å². The van der Waals surface area contributed by atoms with Crippen LogP contribution in [0.25, 0.3) is 11.3 Å². The van der Waals surface area contributed by atoms with Crippen molar-refractivity contribution in [2.75, 3.05) is 0 Å². The molecule has 0 radical (unpaired) electrons. The lowest BCUT2D eigenvalue weighted by Crippen LogP contribution is -1.99. The minimum Gasteiger partial charge on any atom is -0.347 e. The van der Waals surface area contributed by atoms with E-state index in [2.05, 4.69) is 9.97 Å². The second-order valence-corrected chi connectivity index (χ2v) is 4.28. The summed E-state index contributed by atoms with van der Waals surface area (Å²) in [6, 6.07) is 1.24. The first kappa shape index (κ1) is 12.8. The van der Waals surface area contributed by atoms with Crippen LogP contribution in [-0.2, 0) is 0 Å². The fourth-order valence-electron chi connectivity index (χ4n) is 1.51. The molecule has 0 aliphatic rings. The number of hydrogen-bond acceptors (Lipinski definition) is 2. The van der Waals surface area contributed by atoms with Crippen molar-refractivity contribution < 1.29 is 13.2 Å². The summed E-state index contributed by atoms with van der Waals surface area (Å²) in [5.41, 5.74) is 1.30. The molecule has 0 aliphatic carbocycles. The van der Waals surface area contributed by atoms with Gasteiger partial charge in [0.15, 0.2) is 11.6 Å². The molecule has 6 heteroatoms. The van der Waals surface area contributed by atoms with Crippen LogP contribution in [-0.4, -0.2) is 9.97 Å². The number of H-pyrrole nitrogens is 1. The van der Waals surface area contributed by atoms with Gasteiger partial charge in [0.05, 0.1) is 5.69 Å². The van der Waals surface area contributed by atoms with E-state index in [0.29, 0.717) is 11.8 Å². The van der Waals surface area contributed by atoms with Crippen LogP contribution in [0.1, 0.15) is 11.4 Å². The number of halogens is 3. The van der Waals surface area contributed by atoms with Crippen LogP contribution in [0.5, 0.6) is 0 Å². The lowest BCUT2D eigenvalue weighted by atomic mass is 10.1. The van der Waals surface area contributed by atoms with Gasteiger partial charge in [0.25, 0.3) is 0 Å². The van der Waals surface area contributed by atoms with Crippen LogP contribution in [0.4, 0.5) is 13.2 Å². The molecule has 2 aromatic rings. The van der Waals surface area contributed by atoms with Gasteiger partial charge in [0.1, 0.15) is 16.2 Å². The summed E-state index contributed by atoms with van der Waals surface area (Å²) in [7, 11) is 0. The van der Waals surface area contributed by atoms with Crippen LogP contribution in [0, 0.1) is 35.9 Å². The molecule has 18 heavy (non-hydrogen) atoms. The van der Waals surface area contributed by atoms with E-state index in [1.807, 2.05) is 0 Å². The SMILES string of the molecule is Cc1nc(-c2cc(F)c(F)cc2F)c(=S)[nH]c1C. The zero-order valence-electron chi connectivity index (χ0n) is 9.64. The van der Waals surface area contributed by atoms with Crippen LogP contribution in [0.2, 0.25) is 0 Å². The van der Waals surface area contributed by atoms with Gasteiger partial charge in [0.2, 0.25) is 0 Å². The van der Waals surface area contributed by atoms with Gasteiger partial charge in [-0.25, -0.2) is 18.2 Å². The molecule has 2 nitrogen and oxygen atoms in total. The number of nitrogens with zero attached hydrogens (tertiary/aromatic N) is 1. The molecule has 1 N–H and O–H groups in total. The van der Waals surface area contributed by atoms with Crippen LogP contribution >= 0.6 is 12.2 Å². The Morgan fingerprint density at radius 2 is 1.67 bits per heavy atom. The number of nitrogens with one attached hydrogen (secondary N) is 1. The Kier molecular flexibility index (Phi) is 3.21. The summed E-state index contributed by atoms with van der Waals surface area (Å²) in [6.45, 7) is 3.48. The predicted molar refractivity (Wildman–Crippen MR) is 64.2 cm³/mol. The Balaban J connectivity index is 2.73. The van der Waals surface area contributed by atoms with Crippen molar-refractivity contribution in [2.45, 2.75) is 13.8 Å². The largest absolute Gasteiger partial charge is 0.347 e. The fourth-order valence-corrected chi connectivity index (χ4v) is 1.82. The van der Waals surface area contributed by atoms with E-state index >= 15 is 0 Å². The summed E-state index contributed by atoms with van der Waals surface area (Å²) in [5, 5.41) is 0. The van der Waals surface area contributed by atoms with Gasteiger partial charge in [-0.05, 0) is 19.9 Å². The lowest BCUT2D eigenvalue weighted by Gasteiger charge is -2.07. The average molecular weight is 270 g/mol. The van der Waals surface area contributed by atoms with E-state index in [0.717, 1.165) is 11.8 Å². The molecule has 1 aromatic carbocycles. The molecule has 0 spiro atoms. The Labute approximate surface area is 107 Å². The van der Waals surface area contributed by atoms with Crippen molar-refractivity contribution in [1.29, 1.82) is 0 Å². The Bertz CT molecular complexity index is 680. The number of aromatic nitrogens is 2. The Morgan fingerprint density at radius 1 is 1.06 bits per heavy atom. The Morgan fingerprint density at radius 3 is 2.33 bits per heavy atom. The molecule has 1 heterocycles. The molecule has 0 bridgehead atoms. The molecule has 2 rings (SSSR count). The van der Waals surface area contributed by atoms with Gasteiger partial charge in [-0.15, -0.1) is 0 Å². The van der Waals surface area contributed by atoms with Crippen LogP contribution < -0.4 is 0 Å². The first-order valence-corrected chi connectivity index (χ1v) is 5.53. The molecule has 0 saturated carbocycles. The van der Waals surface area contributed by atoms with E-state index in [-0.39, 0.29) is 15.9 Å². The Hall–Kier alpha value is -1.69. The molecular formula is C12H9F3N2S. The average Bonchev–Trinajstić information content (AvgIpc) is 2.29. The maximum atomic E-state index is 13.6. The van der Waals surface area contributed by atoms with Crippen molar-refractivity contribution in [2.24, 2.45) is 0 Å². The summed E-state index contributed by atoms with van der Waals surface area (Å²) >= 11 is 5.02. The first-order chi connectivity index (χ1) is 8.40. The monoisotopic (exact) mass is 270 g/mol. The molecule has 0 fully saturated rings. The van der Waals surface area contributed by atoms with Gasteiger partial charge in [-0.2, -0.15) is 0 Å². The standard InChI is InChI=1S/C12H9F3N2S/c1-5-6(2)17-12(18)11(16-5)7-3-9(14)10(15)4-8(7)13/h3-4H,1-2H3,(H,17,18). The van der Waals surface area contributed by atoms with Crippen LogP contribution in [0.15, 0.2) is 12.1 Å².